The van der Waals surface area contributed by atoms with Crippen molar-refractivity contribution in [3.05, 3.63) is 36.9 Å². The van der Waals surface area contributed by atoms with E-state index < -0.39 is 0 Å². The molecule has 0 aliphatic rings. The predicted molar refractivity (Wildman–Crippen MR) is 70.9 cm³/mol. The summed E-state index contributed by atoms with van der Waals surface area (Å²) in [5.41, 5.74) is 0. The normalized spacial score (nSPS) is 9.61. The summed E-state index contributed by atoms with van der Waals surface area (Å²) in [7, 11) is 0. The lowest BCUT2D eigenvalue weighted by Crippen LogP contribution is -2.29. The van der Waals surface area contributed by atoms with E-state index in [2.05, 4.69) is 11.9 Å². The van der Waals surface area contributed by atoms with Gasteiger partial charge in [-0.05, 0) is 25.5 Å². The summed E-state index contributed by atoms with van der Waals surface area (Å²) in [6.45, 7) is 6.62. The van der Waals surface area contributed by atoms with Gasteiger partial charge in [-0.2, -0.15) is 0 Å². The summed E-state index contributed by atoms with van der Waals surface area (Å²) in [6.07, 6.45) is 2.51. The molecule has 0 aromatic heterocycles. The van der Waals surface area contributed by atoms with Gasteiger partial charge >= 0.3 is 0 Å². The fraction of sp³-hybridized carbons (Fsp3) is 0.357. The van der Waals surface area contributed by atoms with Crippen LogP contribution >= 0.6 is 0 Å². The molecule has 1 rings (SSSR count). The number of benzene rings is 1. The molecule has 4 nitrogen and oxygen atoms in total. The largest absolute Gasteiger partial charge is 0.490 e. The number of hydrogen-bond acceptors (Lipinski definition) is 3. The maximum Gasteiger partial charge on any atom is 0.257 e. The lowest BCUT2D eigenvalue weighted by Gasteiger charge is -2.11. The summed E-state index contributed by atoms with van der Waals surface area (Å²) >= 11 is 0. The van der Waals surface area contributed by atoms with E-state index in [0.29, 0.717) is 24.7 Å². The van der Waals surface area contributed by atoms with Crippen molar-refractivity contribution >= 4 is 5.91 Å². The molecule has 1 aromatic carbocycles. The Morgan fingerprint density at radius 1 is 1.33 bits per heavy atom. The van der Waals surface area contributed by atoms with E-state index in [9.17, 15) is 4.79 Å². The first kappa shape index (κ1) is 14.1. The maximum atomic E-state index is 11.4. The summed E-state index contributed by atoms with van der Waals surface area (Å²) in [5, 5.41) is 2.73. The Labute approximate surface area is 108 Å². The van der Waals surface area contributed by atoms with Gasteiger partial charge in [0.2, 0.25) is 0 Å². The Morgan fingerprint density at radius 2 is 2.00 bits per heavy atom. The van der Waals surface area contributed by atoms with Crippen molar-refractivity contribution in [2.24, 2.45) is 0 Å². The van der Waals surface area contributed by atoms with E-state index >= 15 is 0 Å². The molecule has 1 aromatic rings. The Bertz CT molecular complexity index is 390. The quantitative estimate of drug-likeness (QED) is 0.567. The Hall–Kier alpha value is -1.97. The summed E-state index contributed by atoms with van der Waals surface area (Å²) in [5.74, 6) is 1.08. The molecule has 1 N–H and O–H groups in total. The maximum absolute atomic E-state index is 11.4. The second-order valence-corrected chi connectivity index (χ2v) is 3.60. The van der Waals surface area contributed by atoms with Gasteiger partial charge < -0.3 is 14.8 Å². The third kappa shape index (κ3) is 4.91. The van der Waals surface area contributed by atoms with E-state index in [4.69, 9.17) is 9.47 Å². The first-order valence-corrected chi connectivity index (χ1v) is 6.00. The van der Waals surface area contributed by atoms with Crippen LogP contribution in [0.4, 0.5) is 0 Å². The van der Waals surface area contributed by atoms with Crippen LogP contribution < -0.4 is 14.8 Å². The average molecular weight is 249 g/mol. The lowest BCUT2D eigenvalue weighted by atomic mass is 10.3. The first-order chi connectivity index (χ1) is 8.77. The first-order valence-electron chi connectivity index (χ1n) is 6.00. The zero-order valence-electron chi connectivity index (χ0n) is 10.6. The highest BCUT2D eigenvalue weighted by molar-refractivity contribution is 5.77. The summed E-state index contributed by atoms with van der Waals surface area (Å²) in [6, 6.07) is 7.30. The van der Waals surface area contributed by atoms with Gasteiger partial charge in [-0.15, -0.1) is 6.58 Å². The number of hydrogen-bond donors (Lipinski definition) is 1. The smallest absolute Gasteiger partial charge is 0.257 e. The molecule has 0 fully saturated rings. The Balaban J connectivity index is 2.42. The molecule has 1 amide bonds. The number of rotatable bonds is 8. The van der Waals surface area contributed by atoms with Crippen LogP contribution in [0.25, 0.3) is 0 Å². The van der Waals surface area contributed by atoms with Gasteiger partial charge in [-0.1, -0.05) is 18.2 Å². The third-order valence-corrected chi connectivity index (χ3v) is 2.18. The topological polar surface area (TPSA) is 47.6 Å². The van der Waals surface area contributed by atoms with Crippen LogP contribution in [0.3, 0.4) is 0 Å². The molecule has 0 aliphatic carbocycles. The zero-order valence-corrected chi connectivity index (χ0v) is 10.6. The van der Waals surface area contributed by atoms with Crippen LogP contribution in [-0.2, 0) is 4.79 Å². The molecule has 0 heterocycles. The number of amides is 1. The summed E-state index contributed by atoms with van der Waals surface area (Å²) in [4.78, 5) is 11.4. The lowest BCUT2D eigenvalue weighted by molar-refractivity contribution is -0.123. The molecule has 0 aliphatic heterocycles. The van der Waals surface area contributed by atoms with Gasteiger partial charge in [0.1, 0.15) is 0 Å². The van der Waals surface area contributed by atoms with Crippen molar-refractivity contribution < 1.29 is 14.3 Å². The van der Waals surface area contributed by atoms with Crippen molar-refractivity contribution in [2.75, 3.05) is 19.8 Å². The van der Waals surface area contributed by atoms with Crippen molar-refractivity contribution in [3.8, 4) is 11.5 Å². The summed E-state index contributed by atoms with van der Waals surface area (Å²) < 4.78 is 10.8. The third-order valence-electron chi connectivity index (χ3n) is 2.18. The molecule has 4 heteroatoms. The zero-order chi connectivity index (χ0) is 13.2. The molecular weight excluding hydrogens is 230 g/mol. The van der Waals surface area contributed by atoms with E-state index in [-0.39, 0.29) is 12.5 Å². The van der Waals surface area contributed by atoms with Crippen LogP contribution in [-0.4, -0.2) is 25.7 Å². The number of para-hydroxylation sites is 2. The molecule has 0 saturated carbocycles. The predicted octanol–water partition coefficient (Wildman–Crippen LogP) is 2.16. The van der Waals surface area contributed by atoms with Crippen molar-refractivity contribution in [1.29, 1.82) is 0 Å². The van der Waals surface area contributed by atoms with Gasteiger partial charge in [0.15, 0.2) is 18.1 Å². The molecule has 0 saturated heterocycles. The highest BCUT2D eigenvalue weighted by atomic mass is 16.5. The molecule has 0 radical (unpaired) electrons. The molecule has 0 spiro atoms. The highest BCUT2D eigenvalue weighted by Crippen LogP contribution is 2.26. The van der Waals surface area contributed by atoms with Crippen LogP contribution in [0, 0.1) is 0 Å². The van der Waals surface area contributed by atoms with E-state index in [1.165, 1.54) is 0 Å². The molecule has 0 atom stereocenters. The number of ether oxygens (including phenoxy) is 2. The minimum atomic E-state index is -0.150. The highest BCUT2D eigenvalue weighted by Gasteiger charge is 2.06. The second kappa shape index (κ2) is 8.17. The van der Waals surface area contributed by atoms with Crippen molar-refractivity contribution in [3.63, 3.8) is 0 Å². The van der Waals surface area contributed by atoms with E-state index in [0.717, 1.165) is 6.42 Å². The van der Waals surface area contributed by atoms with Crippen molar-refractivity contribution in [1.82, 2.24) is 5.32 Å². The Kier molecular flexibility index (Phi) is 6.40. The number of nitrogens with one attached hydrogen (secondary N) is 1. The molecular formula is C14H19NO3. The van der Waals surface area contributed by atoms with Crippen LogP contribution in [0.5, 0.6) is 11.5 Å². The molecule has 98 valence electrons. The minimum absolute atomic E-state index is 0.0127. The minimum Gasteiger partial charge on any atom is -0.490 e. The standard InChI is InChI=1S/C14H19NO3/c1-3-5-10-15-14(16)11-18-13-9-7-6-8-12(13)17-4-2/h3,6-9H,1,4-5,10-11H2,2H3,(H,15,16). The van der Waals surface area contributed by atoms with Crippen LogP contribution in [0.2, 0.25) is 0 Å². The second-order valence-electron chi connectivity index (χ2n) is 3.60. The van der Waals surface area contributed by atoms with Gasteiger partial charge in [0.05, 0.1) is 6.61 Å². The fourth-order valence-electron chi connectivity index (χ4n) is 1.35. The molecule has 0 unspecified atom stereocenters. The molecule has 0 bridgehead atoms. The SMILES string of the molecule is C=CCCNC(=O)COc1ccccc1OCC. The molecule has 18 heavy (non-hydrogen) atoms. The van der Waals surface area contributed by atoms with Gasteiger partial charge in [-0.25, -0.2) is 0 Å². The van der Waals surface area contributed by atoms with E-state index in [1.807, 2.05) is 25.1 Å². The van der Waals surface area contributed by atoms with Crippen LogP contribution in [0.15, 0.2) is 36.9 Å². The van der Waals surface area contributed by atoms with Gasteiger partial charge in [-0.3, -0.25) is 4.79 Å². The Morgan fingerprint density at radius 3 is 2.61 bits per heavy atom. The van der Waals surface area contributed by atoms with E-state index in [1.54, 1.807) is 12.1 Å². The van der Waals surface area contributed by atoms with Crippen molar-refractivity contribution in [2.45, 2.75) is 13.3 Å². The average Bonchev–Trinajstić information content (AvgIpc) is 2.38. The number of carbonyl (C=O) groups excluding carboxylic acids is 1. The monoisotopic (exact) mass is 249 g/mol. The number of carbonyl (C=O) groups is 1. The van der Waals surface area contributed by atoms with Gasteiger partial charge in [0, 0.05) is 6.54 Å². The van der Waals surface area contributed by atoms with Gasteiger partial charge in [0.25, 0.3) is 5.91 Å². The fourth-order valence-corrected chi connectivity index (χ4v) is 1.35. The van der Waals surface area contributed by atoms with Crippen LogP contribution in [0.1, 0.15) is 13.3 Å².